The van der Waals surface area contributed by atoms with Crippen molar-refractivity contribution in [2.45, 2.75) is 6.18 Å². The molecule has 0 unspecified atom stereocenters. The highest BCUT2D eigenvalue weighted by atomic mass is 19.4. The maximum atomic E-state index is 12.6. The molecule has 8 heteroatoms. The van der Waals surface area contributed by atoms with E-state index in [1.807, 2.05) is 0 Å². The van der Waals surface area contributed by atoms with Crippen LogP contribution in [0.2, 0.25) is 0 Å². The number of anilines is 1. The predicted molar refractivity (Wildman–Crippen MR) is 74.4 cm³/mol. The Morgan fingerprint density at radius 1 is 1.09 bits per heavy atom. The van der Waals surface area contributed by atoms with Crippen LogP contribution in [0.15, 0.2) is 36.4 Å². The van der Waals surface area contributed by atoms with Crippen LogP contribution in [0.4, 0.5) is 19.1 Å². The fraction of sp³-hybridized carbons (Fsp3) is 0.143. The molecular weight excluding hydrogens is 297 g/mol. The highest BCUT2D eigenvalue weighted by Gasteiger charge is 2.30. The molecule has 0 aliphatic rings. The molecule has 0 atom stereocenters. The molecule has 2 heterocycles. The number of hydrogen-bond donors (Lipinski definition) is 1. The summed E-state index contributed by atoms with van der Waals surface area (Å²) < 4.78 is 44.5. The molecule has 0 aliphatic carbocycles. The van der Waals surface area contributed by atoms with Gasteiger partial charge in [0, 0.05) is 5.56 Å². The Bertz CT molecular complexity index is 824. The Labute approximate surface area is 123 Å². The number of halogens is 3. The Balaban J connectivity index is 2.14. The number of aromatic nitrogens is 3. The summed E-state index contributed by atoms with van der Waals surface area (Å²) in [5, 5.41) is 4.05. The molecule has 3 rings (SSSR count). The molecule has 1 aromatic carbocycles. The van der Waals surface area contributed by atoms with Gasteiger partial charge in [0.2, 0.25) is 5.95 Å². The van der Waals surface area contributed by atoms with Gasteiger partial charge in [-0.25, -0.2) is 4.52 Å². The summed E-state index contributed by atoms with van der Waals surface area (Å²) in [4.78, 5) is 4.05. The van der Waals surface area contributed by atoms with Crippen molar-refractivity contribution < 1.29 is 17.9 Å². The lowest BCUT2D eigenvalue weighted by Gasteiger charge is -2.09. The van der Waals surface area contributed by atoms with E-state index in [0.29, 0.717) is 22.7 Å². The molecule has 0 saturated heterocycles. The molecule has 2 N–H and O–H groups in total. The van der Waals surface area contributed by atoms with Crippen LogP contribution in [0.1, 0.15) is 5.56 Å². The maximum Gasteiger partial charge on any atom is 0.416 e. The maximum absolute atomic E-state index is 12.6. The molecule has 0 saturated carbocycles. The quantitative estimate of drug-likeness (QED) is 0.790. The van der Waals surface area contributed by atoms with Crippen LogP contribution in [0, 0.1) is 0 Å². The monoisotopic (exact) mass is 308 g/mol. The fourth-order valence-corrected chi connectivity index (χ4v) is 2.16. The van der Waals surface area contributed by atoms with Crippen molar-refractivity contribution in [2.24, 2.45) is 0 Å². The number of ether oxygens (including phenoxy) is 1. The topological polar surface area (TPSA) is 65.4 Å². The van der Waals surface area contributed by atoms with Crippen molar-refractivity contribution in [3.05, 3.63) is 42.0 Å². The smallest absolute Gasteiger partial charge is 0.416 e. The molecule has 22 heavy (non-hydrogen) atoms. The van der Waals surface area contributed by atoms with Gasteiger partial charge in [0.05, 0.1) is 18.4 Å². The third-order valence-corrected chi connectivity index (χ3v) is 3.19. The van der Waals surface area contributed by atoms with E-state index >= 15 is 0 Å². The number of pyridine rings is 1. The first-order valence-electron chi connectivity index (χ1n) is 6.27. The molecule has 0 aliphatic heterocycles. The van der Waals surface area contributed by atoms with Gasteiger partial charge in [-0.15, -0.1) is 5.10 Å². The summed E-state index contributed by atoms with van der Waals surface area (Å²) in [5.74, 6) is 0.525. The number of nitrogens with two attached hydrogens (primary N) is 1. The number of fused-ring (bicyclic) bond motifs is 1. The van der Waals surface area contributed by atoms with E-state index in [2.05, 4.69) is 10.1 Å². The van der Waals surface area contributed by atoms with Crippen LogP contribution in [0.3, 0.4) is 0 Å². The van der Waals surface area contributed by atoms with Crippen molar-refractivity contribution in [3.63, 3.8) is 0 Å². The van der Waals surface area contributed by atoms with E-state index in [0.717, 1.165) is 12.1 Å². The van der Waals surface area contributed by atoms with Gasteiger partial charge in [-0.2, -0.15) is 18.2 Å². The first-order valence-corrected chi connectivity index (χ1v) is 6.27. The van der Waals surface area contributed by atoms with Gasteiger partial charge in [-0.3, -0.25) is 0 Å². The average molecular weight is 308 g/mol. The zero-order valence-corrected chi connectivity index (χ0v) is 11.4. The number of alkyl halides is 3. The number of rotatable bonds is 2. The van der Waals surface area contributed by atoms with Crippen molar-refractivity contribution >= 4 is 11.6 Å². The minimum atomic E-state index is -4.37. The van der Waals surface area contributed by atoms with Gasteiger partial charge in [-0.1, -0.05) is 12.1 Å². The highest BCUT2D eigenvalue weighted by molar-refractivity contribution is 5.68. The standard InChI is InChI=1S/C14H11F3N4O/c1-22-11-7-6-10(21-12(11)19-13(18)20-21)8-2-4-9(5-3-8)14(15,16)17/h2-7H,1H3,(H2,18,20). The molecule has 0 bridgehead atoms. The van der Waals surface area contributed by atoms with E-state index in [1.54, 1.807) is 12.1 Å². The highest BCUT2D eigenvalue weighted by Crippen LogP contribution is 2.32. The summed E-state index contributed by atoms with van der Waals surface area (Å²) in [6.07, 6.45) is -4.37. The SMILES string of the molecule is COc1ccc(-c2ccc(C(F)(F)F)cc2)n2nc(N)nc12. The van der Waals surface area contributed by atoms with Gasteiger partial charge in [0.15, 0.2) is 11.4 Å². The Kier molecular flexibility index (Phi) is 3.16. The van der Waals surface area contributed by atoms with Gasteiger partial charge < -0.3 is 10.5 Å². The van der Waals surface area contributed by atoms with Crippen LogP contribution >= 0.6 is 0 Å². The molecule has 0 spiro atoms. The average Bonchev–Trinajstić information content (AvgIpc) is 2.86. The third kappa shape index (κ3) is 2.32. The van der Waals surface area contributed by atoms with Crippen molar-refractivity contribution in [1.29, 1.82) is 0 Å². The zero-order valence-electron chi connectivity index (χ0n) is 11.4. The molecule has 114 valence electrons. The molecule has 0 fully saturated rings. The second-order valence-corrected chi connectivity index (χ2v) is 4.57. The summed E-state index contributed by atoms with van der Waals surface area (Å²) >= 11 is 0. The summed E-state index contributed by atoms with van der Waals surface area (Å²) in [6, 6.07) is 8.14. The van der Waals surface area contributed by atoms with Gasteiger partial charge >= 0.3 is 6.18 Å². The second kappa shape index (κ2) is 4.90. The minimum Gasteiger partial charge on any atom is -0.493 e. The summed E-state index contributed by atoms with van der Waals surface area (Å²) in [6.45, 7) is 0. The number of benzene rings is 1. The number of methoxy groups -OCH3 is 1. The van der Waals surface area contributed by atoms with E-state index in [1.165, 1.54) is 23.8 Å². The molecule has 5 nitrogen and oxygen atoms in total. The summed E-state index contributed by atoms with van der Waals surface area (Å²) in [5.41, 5.74) is 6.41. The van der Waals surface area contributed by atoms with Crippen LogP contribution in [-0.2, 0) is 6.18 Å². The normalized spacial score (nSPS) is 11.8. The molecule has 0 amide bonds. The van der Waals surface area contributed by atoms with E-state index < -0.39 is 11.7 Å². The largest absolute Gasteiger partial charge is 0.493 e. The Hall–Kier alpha value is -2.77. The molecular formula is C14H11F3N4O. The van der Waals surface area contributed by atoms with Gasteiger partial charge in [0.1, 0.15) is 0 Å². The third-order valence-electron chi connectivity index (χ3n) is 3.19. The van der Waals surface area contributed by atoms with Crippen LogP contribution in [0.5, 0.6) is 5.75 Å². The van der Waals surface area contributed by atoms with Gasteiger partial charge in [0.25, 0.3) is 0 Å². The van der Waals surface area contributed by atoms with Crippen LogP contribution in [0.25, 0.3) is 16.9 Å². The molecule has 3 aromatic rings. The van der Waals surface area contributed by atoms with Crippen LogP contribution < -0.4 is 10.5 Å². The zero-order chi connectivity index (χ0) is 15.9. The number of nitrogens with zero attached hydrogens (tertiary/aromatic N) is 3. The number of hydrogen-bond acceptors (Lipinski definition) is 4. The second-order valence-electron chi connectivity index (χ2n) is 4.57. The first-order chi connectivity index (χ1) is 10.4. The first kappa shape index (κ1) is 14.2. The van der Waals surface area contributed by atoms with Gasteiger partial charge in [-0.05, 0) is 24.3 Å². The Morgan fingerprint density at radius 2 is 1.77 bits per heavy atom. The van der Waals surface area contributed by atoms with Crippen molar-refractivity contribution in [1.82, 2.24) is 14.6 Å². The molecule has 0 radical (unpaired) electrons. The fourth-order valence-electron chi connectivity index (χ4n) is 2.16. The lowest BCUT2D eigenvalue weighted by Crippen LogP contribution is -2.04. The lowest BCUT2D eigenvalue weighted by molar-refractivity contribution is -0.137. The van der Waals surface area contributed by atoms with E-state index in [4.69, 9.17) is 10.5 Å². The lowest BCUT2D eigenvalue weighted by atomic mass is 10.1. The van der Waals surface area contributed by atoms with E-state index in [9.17, 15) is 13.2 Å². The molecule has 2 aromatic heterocycles. The van der Waals surface area contributed by atoms with Crippen molar-refractivity contribution in [2.75, 3.05) is 12.8 Å². The van der Waals surface area contributed by atoms with E-state index in [-0.39, 0.29) is 5.95 Å². The van der Waals surface area contributed by atoms with Crippen LogP contribution in [-0.4, -0.2) is 21.7 Å². The Morgan fingerprint density at radius 3 is 2.36 bits per heavy atom. The predicted octanol–water partition coefficient (Wildman–Crippen LogP) is 3.01. The minimum absolute atomic E-state index is 0.0534. The summed E-state index contributed by atoms with van der Waals surface area (Å²) in [7, 11) is 1.48. The number of nitrogen functional groups attached to an aromatic ring is 1. The van der Waals surface area contributed by atoms with Crippen molar-refractivity contribution in [3.8, 4) is 17.0 Å².